The first-order valence-corrected chi connectivity index (χ1v) is 10.5. The van der Waals surface area contributed by atoms with Gasteiger partial charge in [-0.25, -0.2) is 14.6 Å². The Morgan fingerprint density at radius 1 is 0.969 bits per heavy atom. The summed E-state index contributed by atoms with van der Waals surface area (Å²) in [6, 6.07) is 23.7. The van der Waals surface area contributed by atoms with Crippen molar-refractivity contribution in [2.45, 2.75) is 13.5 Å². The standard InChI is InChI=1S/C25H20ClN5O/c1-17-7-10-20(13-23(17)26)31-25-22(14-29-31)24(27-16-28-25)30-19-8-11-21(12-9-19)32-15-18-5-3-2-4-6-18/h2-14,16H,15H2,1H3,(H,27,28,30). The molecule has 0 aliphatic heterocycles. The highest BCUT2D eigenvalue weighted by Gasteiger charge is 2.12. The van der Waals surface area contributed by atoms with Gasteiger partial charge in [0.15, 0.2) is 5.65 Å². The highest BCUT2D eigenvalue weighted by atomic mass is 35.5. The van der Waals surface area contributed by atoms with Gasteiger partial charge in [0, 0.05) is 10.7 Å². The van der Waals surface area contributed by atoms with Crippen LogP contribution in [0.4, 0.5) is 11.5 Å². The predicted molar refractivity (Wildman–Crippen MR) is 127 cm³/mol. The summed E-state index contributed by atoms with van der Waals surface area (Å²) in [5.74, 6) is 1.48. The van der Waals surface area contributed by atoms with Gasteiger partial charge in [0.25, 0.3) is 0 Å². The minimum Gasteiger partial charge on any atom is -0.489 e. The topological polar surface area (TPSA) is 64.9 Å². The van der Waals surface area contributed by atoms with Gasteiger partial charge >= 0.3 is 0 Å². The Morgan fingerprint density at radius 3 is 2.56 bits per heavy atom. The number of hydrogen-bond donors (Lipinski definition) is 1. The van der Waals surface area contributed by atoms with Crippen LogP contribution in [0.25, 0.3) is 16.7 Å². The zero-order valence-electron chi connectivity index (χ0n) is 17.4. The molecule has 1 N–H and O–H groups in total. The summed E-state index contributed by atoms with van der Waals surface area (Å²) in [6.45, 7) is 2.50. The molecule has 0 aliphatic carbocycles. The molecule has 32 heavy (non-hydrogen) atoms. The Morgan fingerprint density at radius 2 is 1.78 bits per heavy atom. The molecular formula is C25H20ClN5O. The summed E-state index contributed by atoms with van der Waals surface area (Å²) in [5, 5.41) is 9.35. The SMILES string of the molecule is Cc1ccc(-n2ncc3c(Nc4ccc(OCc5ccccc5)cc4)ncnc32)cc1Cl. The molecule has 0 bridgehead atoms. The van der Waals surface area contributed by atoms with Crippen molar-refractivity contribution in [3.05, 3.63) is 101 Å². The molecule has 6 nitrogen and oxygen atoms in total. The average Bonchev–Trinajstić information content (AvgIpc) is 3.26. The summed E-state index contributed by atoms with van der Waals surface area (Å²) in [5.41, 5.74) is 4.58. The van der Waals surface area contributed by atoms with E-state index in [1.54, 1.807) is 10.9 Å². The Bertz CT molecular complexity index is 1370. The second-order valence-corrected chi connectivity index (χ2v) is 7.78. The summed E-state index contributed by atoms with van der Waals surface area (Å²) in [7, 11) is 0. The third-order valence-corrected chi connectivity index (χ3v) is 5.54. The Kier molecular flexibility index (Phi) is 5.44. The predicted octanol–water partition coefficient (Wildman–Crippen LogP) is 6.10. The van der Waals surface area contributed by atoms with Crippen LogP contribution in [0.15, 0.2) is 85.3 Å². The van der Waals surface area contributed by atoms with Crippen molar-refractivity contribution in [3.8, 4) is 11.4 Å². The van der Waals surface area contributed by atoms with Gasteiger partial charge in [0.05, 0.1) is 17.3 Å². The smallest absolute Gasteiger partial charge is 0.168 e. The maximum absolute atomic E-state index is 6.29. The molecule has 0 fully saturated rings. The minimum absolute atomic E-state index is 0.530. The van der Waals surface area contributed by atoms with Gasteiger partial charge in [-0.3, -0.25) is 0 Å². The first kappa shape index (κ1) is 20.0. The molecule has 0 unspecified atom stereocenters. The quantitative estimate of drug-likeness (QED) is 0.345. The minimum atomic E-state index is 0.530. The van der Waals surface area contributed by atoms with E-state index in [0.717, 1.165) is 33.6 Å². The van der Waals surface area contributed by atoms with Crippen LogP contribution in [0.3, 0.4) is 0 Å². The molecule has 3 aromatic carbocycles. The Hall–Kier alpha value is -3.90. The summed E-state index contributed by atoms with van der Waals surface area (Å²) < 4.78 is 7.62. The maximum atomic E-state index is 6.29. The molecule has 158 valence electrons. The van der Waals surface area contributed by atoms with Gasteiger partial charge in [-0.05, 0) is 54.4 Å². The fourth-order valence-corrected chi connectivity index (χ4v) is 3.53. The number of nitrogens with one attached hydrogen (secondary N) is 1. The van der Waals surface area contributed by atoms with E-state index in [4.69, 9.17) is 16.3 Å². The van der Waals surface area contributed by atoms with Gasteiger partial charge in [0.2, 0.25) is 0 Å². The van der Waals surface area contributed by atoms with Crippen molar-refractivity contribution in [3.63, 3.8) is 0 Å². The van der Waals surface area contributed by atoms with E-state index in [1.807, 2.05) is 79.7 Å². The highest BCUT2D eigenvalue weighted by molar-refractivity contribution is 6.31. The lowest BCUT2D eigenvalue weighted by Crippen LogP contribution is -2.00. The van der Waals surface area contributed by atoms with Crippen molar-refractivity contribution in [2.24, 2.45) is 0 Å². The Balaban J connectivity index is 1.35. The molecule has 0 spiro atoms. The van der Waals surface area contributed by atoms with Crippen LogP contribution in [0.1, 0.15) is 11.1 Å². The zero-order chi connectivity index (χ0) is 21.9. The largest absolute Gasteiger partial charge is 0.489 e. The number of aryl methyl sites for hydroxylation is 1. The molecule has 0 atom stereocenters. The number of halogens is 1. The number of nitrogens with zero attached hydrogens (tertiary/aromatic N) is 4. The van der Waals surface area contributed by atoms with Gasteiger partial charge in [-0.15, -0.1) is 0 Å². The van der Waals surface area contributed by atoms with Gasteiger partial charge in [-0.1, -0.05) is 48.0 Å². The molecule has 0 amide bonds. The summed E-state index contributed by atoms with van der Waals surface area (Å²) >= 11 is 6.29. The van der Waals surface area contributed by atoms with Crippen LogP contribution >= 0.6 is 11.6 Å². The lowest BCUT2D eigenvalue weighted by atomic mass is 10.2. The number of ether oxygens (including phenoxy) is 1. The number of hydrogen-bond acceptors (Lipinski definition) is 5. The molecule has 0 saturated carbocycles. The first-order chi connectivity index (χ1) is 15.7. The van der Waals surface area contributed by atoms with Gasteiger partial charge < -0.3 is 10.1 Å². The van der Waals surface area contributed by atoms with Crippen molar-refractivity contribution < 1.29 is 4.74 Å². The van der Waals surface area contributed by atoms with Crippen LogP contribution in [0, 0.1) is 6.92 Å². The highest BCUT2D eigenvalue weighted by Crippen LogP contribution is 2.27. The van der Waals surface area contributed by atoms with E-state index in [9.17, 15) is 0 Å². The zero-order valence-corrected chi connectivity index (χ0v) is 18.1. The molecule has 0 aliphatic rings. The van der Waals surface area contributed by atoms with Crippen LogP contribution in [0.2, 0.25) is 5.02 Å². The van der Waals surface area contributed by atoms with Crippen LogP contribution in [-0.4, -0.2) is 19.7 Å². The van der Waals surface area contributed by atoms with E-state index in [0.29, 0.717) is 23.1 Å². The molecule has 2 aromatic heterocycles. The van der Waals surface area contributed by atoms with Crippen LogP contribution in [0.5, 0.6) is 5.75 Å². The maximum Gasteiger partial charge on any atom is 0.168 e. The number of rotatable bonds is 6. The number of fused-ring (bicyclic) bond motifs is 1. The van der Waals surface area contributed by atoms with Crippen molar-refractivity contribution in [1.82, 2.24) is 19.7 Å². The fraction of sp³-hybridized carbons (Fsp3) is 0.0800. The second kappa shape index (κ2) is 8.69. The average molecular weight is 442 g/mol. The second-order valence-electron chi connectivity index (χ2n) is 7.37. The fourth-order valence-electron chi connectivity index (χ4n) is 3.36. The molecule has 2 heterocycles. The lowest BCUT2D eigenvalue weighted by Gasteiger charge is -2.09. The molecular weight excluding hydrogens is 422 g/mol. The number of aromatic nitrogens is 4. The van der Waals surface area contributed by atoms with E-state index in [1.165, 1.54) is 6.33 Å². The van der Waals surface area contributed by atoms with Crippen molar-refractivity contribution >= 4 is 34.1 Å². The number of benzene rings is 3. The molecule has 0 saturated heterocycles. The normalized spacial score (nSPS) is 10.9. The Labute approximate surface area is 190 Å². The third kappa shape index (κ3) is 4.13. The molecule has 5 aromatic rings. The first-order valence-electron chi connectivity index (χ1n) is 10.2. The van der Waals surface area contributed by atoms with Crippen molar-refractivity contribution in [2.75, 3.05) is 5.32 Å². The van der Waals surface area contributed by atoms with Gasteiger partial charge in [-0.2, -0.15) is 5.10 Å². The molecule has 0 radical (unpaired) electrons. The van der Waals surface area contributed by atoms with E-state index < -0.39 is 0 Å². The van der Waals surface area contributed by atoms with Crippen molar-refractivity contribution in [1.29, 1.82) is 0 Å². The summed E-state index contributed by atoms with van der Waals surface area (Å²) in [6.07, 6.45) is 3.28. The third-order valence-electron chi connectivity index (χ3n) is 5.13. The summed E-state index contributed by atoms with van der Waals surface area (Å²) in [4.78, 5) is 8.83. The van der Waals surface area contributed by atoms with E-state index >= 15 is 0 Å². The van der Waals surface area contributed by atoms with Gasteiger partial charge in [0.1, 0.15) is 24.5 Å². The molecule has 7 heteroatoms. The van der Waals surface area contributed by atoms with E-state index in [2.05, 4.69) is 20.4 Å². The van der Waals surface area contributed by atoms with Crippen LogP contribution < -0.4 is 10.1 Å². The lowest BCUT2D eigenvalue weighted by molar-refractivity contribution is 0.306. The number of anilines is 2. The van der Waals surface area contributed by atoms with E-state index in [-0.39, 0.29) is 0 Å². The monoisotopic (exact) mass is 441 g/mol. The molecule has 5 rings (SSSR count). The van der Waals surface area contributed by atoms with Crippen LogP contribution in [-0.2, 0) is 6.61 Å².